The van der Waals surface area contributed by atoms with Crippen LogP contribution in [-0.4, -0.2) is 11.6 Å². The van der Waals surface area contributed by atoms with Gasteiger partial charge in [0.15, 0.2) is 0 Å². The lowest BCUT2D eigenvalue weighted by Crippen LogP contribution is -2.20. The Balaban J connectivity index is 1.97. The molecule has 0 aromatic heterocycles. The normalized spacial score (nSPS) is 15.5. The zero-order chi connectivity index (χ0) is 12.1. The average molecular weight is 234 g/mol. The van der Waals surface area contributed by atoms with Crippen molar-refractivity contribution in [1.82, 2.24) is 5.43 Å². The van der Waals surface area contributed by atoms with Crippen LogP contribution in [0.15, 0.2) is 29.4 Å². The summed E-state index contributed by atoms with van der Waals surface area (Å²) in [6, 6.07) is 5.59. The molecule has 1 fully saturated rings. The Morgan fingerprint density at radius 3 is 2.71 bits per heavy atom. The van der Waals surface area contributed by atoms with Crippen LogP contribution < -0.4 is 5.43 Å². The number of hydrogen-bond donors (Lipinski definition) is 1. The van der Waals surface area contributed by atoms with Crippen LogP contribution in [0.25, 0.3) is 0 Å². The van der Waals surface area contributed by atoms with E-state index in [2.05, 4.69) is 10.5 Å². The zero-order valence-electron chi connectivity index (χ0n) is 9.58. The topological polar surface area (TPSA) is 41.5 Å². The Bertz CT molecular complexity index is 435. The molecule has 1 N–H and O–H groups in total. The molecule has 1 saturated carbocycles. The van der Waals surface area contributed by atoms with Gasteiger partial charge in [-0.25, -0.2) is 9.82 Å². The molecule has 0 heterocycles. The second-order valence-corrected chi connectivity index (χ2v) is 4.19. The number of hydrazone groups is 1. The number of benzene rings is 1. The van der Waals surface area contributed by atoms with E-state index in [1.54, 1.807) is 6.07 Å². The first-order valence-electron chi connectivity index (χ1n) is 5.87. The van der Waals surface area contributed by atoms with Crippen LogP contribution in [0, 0.1) is 5.82 Å². The van der Waals surface area contributed by atoms with E-state index in [0.717, 1.165) is 31.4 Å². The van der Waals surface area contributed by atoms with E-state index in [9.17, 15) is 9.18 Å². The Labute approximate surface area is 99.7 Å². The maximum atomic E-state index is 12.9. The number of carbonyl (C=O) groups excluding carboxylic acids is 1. The largest absolute Gasteiger partial charge is 0.271 e. The van der Waals surface area contributed by atoms with Crippen molar-refractivity contribution in [3.05, 3.63) is 35.6 Å². The van der Waals surface area contributed by atoms with Crippen LogP contribution in [0.5, 0.6) is 0 Å². The summed E-state index contributed by atoms with van der Waals surface area (Å²) in [6.45, 7) is 0. The molecule has 90 valence electrons. The number of nitrogens with one attached hydrogen (secondary N) is 1. The summed E-state index contributed by atoms with van der Waals surface area (Å²) in [5.74, 6) is -0.773. The molecule has 17 heavy (non-hydrogen) atoms. The molecule has 1 amide bonds. The van der Waals surface area contributed by atoms with Gasteiger partial charge in [-0.3, -0.25) is 4.79 Å². The third-order valence-corrected chi connectivity index (χ3v) is 2.83. The van der Waals surface area contributed by atoms with E-state index >= 15 is 0 Å². The Morgan fingerprint density at radius 1 is 1.24 bits per heavy atom. The fourth-order valence-corrected chi connectivity index (χ4v) is 1.90. The van der Waals surface area contributed by atoms with Crippen LogP contribution >= 0.6 is 0 Å². The van der Waals surface area contributed by atoms with E-state index in [0.29, 0.717) is 5.56 Å². The molecule has 1 aliphatic rings. The number of rotatable bonds is 2. The fraction of sp³-hybridized carbons (Fsp3) is 0.385. The molecule has 0 bridgehead atoms. The van der Waals surface area contributed by atoms with Gasteiger partial charge in [0, 0.05) is 11.3 Å². The lowest BCUT2D eigenvalue weighted by molar-refractivity contribution is 0.0954. The molecule has 0 radical (unpaired) electrons. The number of amides is 1. The summed E-state index contributed by atoms with van der Waals surface area (Å²) in [5, 5.41) is 4.08. The van der Waals surface area contributed by atoms with Crippen molar-refractivity contribution in [3.8, 4) is 0 Å². The van der Waals surface area contributed by atoms with Crippen molar-refractivity contribution in [2.75, 3.05) is 0 Å². The van der Waals surface area contributed by atoms with Crippen molar-refractivity contribution in [2.45, 2.75) is 32.1 Å². The molecule has 4 heteroatoms. The van der Waals surface area contributed by atoms with Crippen molar-refractivity contribution in [2.24, 2.45) is 5.10 Å². The molecule has 0 unspecified atom stereocenters. The van der Waals surface area contributed by atoms with Gasteiger partial charge in [-0.15, -0.1) is 0 Å². The zero-order valence-corrected chi connectivity index (χ0v) is 9.58. The maximum absolute atomic E-state index is 12.9. The molecule has 1 aromatic rings. The molecule has 3 nitrogen and oxygen atoms in total. The third-order valence-electron chi connectivity index (χ3n) is 2.83. The molecule has 1 aromatic carbocycles. The highest BCUT2D eigenvalue weighted by Crippen LogP contribution is 2.14. The Morgan fingerprint density at radius 2 is 2.00 bits per heavy atom. The fourth-order valence-electron chi connectivity index (χ4n) is 1.90. The van der Waals surface area contributed by atoms with E-state index in [1.807, 2.05) is 0 Å². The molecule has 2 rings (SSSR count). The Kier molecular flexibility index (Phi) is 3.85. The van der Waals surface area contributed by atoms with E-state index in [-0.39, 0.29) is 5.91 Å². The van der Waals surface area contributed by atoms with Gasteiger partial charge in [0.2, 0.25) is 0 Å². The first kappa shape index (κ1) is 11.8. The van der Waals surface area contributed by atoms with E-state index in [1.165, 1.54) is 24.6 Å². The standard InChI is InChI=1S/C13H15FN2O/c14-11-6-4-5-10(9-11)13(17)16-15-12-7-2-1-3-8-12/h4-6,9H,1-3,7-8H2,(H,16,17). The van der Waals surface area contributed by atoms with Crippen LogP contribution in [-0.2, 0) is 0 Å². The first-order chi connectivity index (χ1) is 8.25. The highest BCUT2D eigenvalue weighted by atomic mass is 19.1. The molecule has 0 atom stereocenters. The van der Waals surface area contributed by atoms with Crippen molar-refractivity contribution >= 4 is 11.6 Å². The van der Waals surface area contributed by atoms with Crippen molar-refractivity contribution < 1.29 is 9.18 Å². The molecular weight excluding hydrogens is 219 g/mol. The van der Waals surface area contributed by atoms with E-state index in [4.69, 9.17) is 0 Å². The maximum Gasteiger partial charge on any atom is 0.271 e. The minimum absolute atomic E-state index is 0.296. The number of halogens is 1. The predicted molar refractivity (Wildman–Crippen MR) is 64.4 cm³/mol. The van der Waals surface area contributed by atoms with Crippen LogP contribution in [0.3, 0.4) is 0 Å². The van der Waals surface area contributed by atoms with Crippen molar-refractivity contribution in [3.63, 3.8) is 0 Å². The summed E-state index contributed by atoms with van der Waals surface area (Å²) in [5.41, 5.74) is 3.80. The highest BCUT2D eigenvalue weighted by molar-refractivity contribution is 5.95. The van der Waals surface area contributed by atoms with Gasteiger partial charge in [0.25, 0.3) is 5.91 Å². The Hall–Kier alpha value is -1.71. The SMILES string of the molecule is O=C(NN=C1CCCCC1)c1cccc(F)c1. The smallest absolute Gasteiger partial charge is 0.267 e. The van der Waals surface area contributed by atoms with Gasteiger partial charge in [0.05, 0.1) is 0 Å². The van der Waals surface area contributed by atoms with Gasteiger partial charge in [-0.1, -0.05) is 12.5 Å². The minimum Gasteiger partial charge on any atom is -0.267 e. The second-order valence-electron chi connectivity index (χ2n) is 4.19. The molecule has 0 saturated heterocycles. The summed E-state index contributed by atoms with van der Waals surface area (Å²) < 4.78 is 12.9. The van der Waals surface area contributed by atoms with Gasteiger partial charge >= 0.3 is 0 Å². The quantitative estimate of drug-likeness (QED) is 0.785. The highest BCUT2D eigenvalue weighted by Gasteiger charge is 2.09. The molecule has 1 aliphatic carbocycles. The van der Waals surface area contributed by atoms with Crippen LogP contribution in [0.2, 0.25) is 0 Å². The second kappa shape index (κ2) is 5.57. The van der Waals surface area contributed by atoms with Crippen LogP contribution in [0.4, 0.5) is 4.39 Å². The number of hydrogen-bond acceptors (Lipinski definition) is 2. The first-order valence-corrected chi connectivity index (χ1v) is 5.87. The van der Waals surface area contributed by atoms with Gasteiger partial charge in [0.1, 0.15) is 5.82 Å². The van der Waals surface area contributed by atoms with Crippen molar-refractivity contribution in [1.29, 1.82) is 0 Å². The lowest BCUT2D eigenvalue weighted by atomic mass is 9.99. The summed E-state index contributed by atoms with van der Waals surface area (Å²) in [4.78, 5) is 11.7. The van der Waals surface area contributed by atoms with Gasteiger partial charge < -0.3 is 0 Å². The molecule has 0 spiro atoms. The number of nitrogens with zero attached hydrogens (tertiary/aromatic N) is 1. The average Bonchev–Trinajstić information content (AvgIpc) is 2.37. The summed E-state index contributed by atoms with van der Waals surface area (Å²) in [7, 11) is 0. The predicted octanol–water partition coefficient (Wildman–Crippen LogP) is 2.88. The lowest BCUT2D eigenvalue weighted by Gasteiger charge is -2.11. The summed E-state index contributed by atoms with van der Waals surface area (Å²) >= 11 is 0. The summed E-state index contributed by atoms with van der Waals surface area (Å²) in [6.07, 6.45) is 5.40. The monoisotopic (exact) mass is 234 g/mol. The molecular formula is C13H15FN2O. The number of carbonyl (C=O) groups is 1. The van der Waals surface area contributed by atoms with Crippen LogP contribution in [0.1, 0.15) is 42.5 Å². The molecule has 0 aliphatic heterocycles. The van der Waals surface area contributed by atoms with Gasteiger partial charge in [-0.05, 0) is 43.9 Å². The van der Waals surface area contributed by atoms with E-state index < -0.39 is 5.82 Å². The van der Waals surface area contributed by atoms with Gasteiger partial charge in [-0.2, -0.15) is 5.10 Å². The third kappa shape index (κ3) is 3.37. The minimum atomic E-state index is -0.414.